The average Bonchev–Trinajstić information content (AvgIpc) is 3.74. The van der Waals surface area contributed by atoms with Crippen molar-refractivity contribution in [3.63, 3.8) is 0 Å². The summed E-state index contributed by atoms with van der Waals surface area (Å²) in [7, 11) is 0. The van der Waals surface area contributed by atoms with E-state index in [1.54, 1.807) is 0 Å². The molecule has 0 amide bonds. The van der Waals surface area contributed by atoms with E-state index in [4.69, 9.17) is 4.42 Å². The van der Waals surface area contributed by atoms with Crippen molar-refractivity contribution in [2.24, 2.45) is 0 Å². The maximum absolute atomic E-state index is 6.70. The van der Waals surface area contributed by atoms with Crippen LogP contribution in [0, 0.1) is 0 Å². The van der Waals surface area contributed by atoms with E-state index in [2.05, 4.69) is 199 Å². The largest absolute Gasteiger partial charge is 0.455 e. The molecular weight excluding hydrogens is 619 g/mol. The first kappa shape index (κ1) is 29.3. The number of hydrogen-bond donors (Lipinski definition) is 0. The van der Waals surface area contributed by atoms with Gasteiger partial charge in [0.15, 0.2) is 0 Å². The molecule has 0 fully saturated rings. The maximum atomic E-state index is 6.70. The van der Waals surface area contributed by atoms with Crippen LogP contribution in [-0.4, -0.2) is 0 Å². The van der Waals surface area contributed by atoms with Crippen molar-refractivity contribution >= 4 is 39.0 Å². The Bertz CT molecular complexity index is 2660. The second-order valence-electron chi connectivity index (χ2n) is 13.3. The Hall–Kier alpha value is -6.64. The number of para-hydroxylation sites is 2. The molecular formula is C49H33NO. The van der Waals surface area contributed by atoms with Crippen LogP contribution >= 0.6 is 0 Å². The molecule has 1 heterocycles. The molecule has 0 aliphatic heterocycles. The molecule has 0 radical (unpaired) electrons. The van der Waals surface area contributed by atoms with Gasteiger partial charge in [-0.2, -0.15) is 0 Å². The molecule has 1 aliphatic carbocycles. The van der Waals surface area contributed by atoms with Gasteiger partial charge in [0.05, 0.1) is 5.41 Å². The van der Waals surface area contributed by atoms with E-state index in [0.717, 1.165) is 39.0 Å². The van der Waals surface area contributed by atoms with Crippen LogP contribution in [0.3, 0.4) is 0 Å². The Morgan fingerprint density at radius 1 is 0.373 bits per heavy atom. The SMILES string of the molecule is c1ccc(-c2ccc(N(c3ccccc3)c3ccc(C4(c5ccccc5)c5ccccc5-c5c4ccc4c5oc5ccccc54)cc3)cc2)cc1. The summed E-state index contributed by atoms with van der Waals surface area (Å²) in [4.78, 5) is 2.34. The predicted octanol–water partition coefficient (Wildman–Crippen LogP) is 13.1. The van der Waals surface area contributed by atoms with E-state index in [-0.39, 0.29) is 0 Å². The van der Waals surface area contributed by atoms with Gasteiger partial charge in [-0.05, 0) is 81.4 Å². The number of hydrogen-bond acceptors (Lipinski definition) is 2. The highest BCUT2D eigenvalue weighted by Gasteiger charge is 2.47. The highest BCUT2D eigenvalue weighted by molar-refractivity contribution is 6.12. The van der Waals surface area contributed by atoms with E-state index in [1.807, 2.05) is 6.07 Å². The lowest BCUT2D eigenvalue weighted by atomic mass is 9.67. The molecule has 0 N–H and O–H groups in total. The average molecular weight is 652 g/mol. The van der Waals surface area contributed by atoms with Gasteiger partial charge in [0.1, 0.15) is 11.2 Å². The van der Waals surface area contributed by atoms with E-state index in [9.17, 15) is 0 Å². The molecule has 1 aliphatic rings. The lowest BCUT2D eigenvalue weighted by Crippen LogP contribution is -2.28. The van der Waals surface area contributed by atoms with Crippen LogP contribution in [0.25, 0.3) is 44.2 Å². The molecule has 0 bridgehead atoms. The minimum absolute atomic E-state index is 0.534. The number of rotatable bonds is 6. The van der Waals surface area contributed by atoms with Crippen molar-refractivity contribution < 1.29 is 4.42 Å². The van der Waals surface area contributed by atoms with Crippen molar-refractivity contribution in [2.45, 2.75) is 5.41 Å². The number of furan rings is 1. The smallest absolute Gasteiger partial charge is 0.143 e. The molecule has 51 heavy (non-hydrogen) atoms. The Morgan fingerprint density at radius 2 is 0.922 bits per heavy atom. The molecule has 1 atom stereocenters. The summed E-state index contributed by atoms with van der Waals surface area (Å²) in [6.45, 7) is 0. The van der Waals surface area contributed by atoms with Crippen LogP contribution in [0.1, 0.15) is 22.3 Å². The number of nitrogens with zero attached hydrogens (tertiary/aromatic N) is 1. The Labute approximate surface area is 297 Å². The van der Waals surface area contributed by atoms with Crippen LogP contribution in [0.2, 0.25) is 0 Å². The second kappa shape index (κ2) is 11.8. The first-order valence-electron chi connectivity index (χ1n) is 17.5. The molecule has 2 heteroatoms. The summed E-state index contributed by atoms with van der Waals surface area (Å²) in [6, 6.07) is 72.0. The fourth-order valence-corrected chi connectivity index (χ4v) is 8.34. The molecule has 10 rings (SSSR count). The molecule has 9 aromatic rings. The van der Waals surface area contributed by atoms with Crippen LogP contribution < -0.4 is 4.90 Å². The highest BCUT2D eigenvalue weighted by atomic mass is 16.3. The lowest BCUT2D eigenvalue weighted by molar-refractivity contribution is 0.669. The first-order chi connectivity index (χ1) is 25.3. The summed E-state index contributed by atoms with van der Waals surface area (Å²) >= 11 is 0. The zero-order valence-corrected chi connectivity index (χ0v) is 27.9. The van der Waals surface area contributed by atoms with Crippen molar-refractivity contribution in [3.8, 4) is 22.3 Å². The van der Waals surface area contributed by atoms with Crippen LogP contribution in [0.5, 0.6) is 0 Å². The number of fused-ring (bicyclic) bond motifs is 7. The molecule has 1 unspecified atom stereocenters. The van der Waals surface area contributed by atoms with Gasteiger partial charge < -0.3 is 9.32 Å². The topological polar surface area (TPSA) is 16.4 Å². The third-order valence-electron chi connectivity index (χ3n) is 10.6. The van der Waals surface area contributed by atoms with E-state index >= 15 is 0 Å². The highest BCUT2D eigenvalue weighted by Crippen LogP contribution is 2.58. The van der Waals surface area contributed by atoms with Crippen molar-refractivity contribution in [2.75, 3.05) is 4.90 Å². The monoisotopic (exact) mass is 651 g/mol. The summed E-state index contributed by atoms with van der Waals surface area (Å²) in [5, 5.41) is 2.29. The molecule has 240 valence electrons. The fraction of sp³-hybridized carbons (Fsp3) is 0.0204. The Morgan fingerprint density at radius 3 is 1.67 bits per heavy atom. The van der Waals surface area contributed by atoms with Crippen LogP contribution in [0.15, 0.2) is 205 Å². The van der Waals surface area contributed by atoms with Crippen LogP contribution in [0.4, 0.5) is 17.1 Å². The Balaban J connectivity index is 1.17. The van der Waals surface area contributed by atoms with Crippen LogP contribution in [-0.2, 0) is 5.41 Å². The molecule has 1 aromatic heterocycles. The van der Waals surface area contributed by atoms with Gasteiger partial charge in [0.2, 0.25) is 0 Å². The summed E-state index contributed by atoms with van der Waals surface area (Å²) in [6.07, 6.45) is 0. The van der Waals surface area contributed by atoms with Gasteiger partial charge in [-0.25, -0.2) is 0 Å². The summed E-state index contributed by atoms with van der Waals surface area (Å²) < 4.78 is 6.70. The molecule has 8 aromatic carbocycles. The number of anilines is 3. The van der Waals surface area contributed by atoms with Gasteiger partial charge in [-0.3, -0.25) is 0 Å². The van der Waals surface area contributed by atoms with Gasteiger partial charge >= 0.3 is 0 Å². The standard InChI is InChI=1S/C49H33NO/c1-4-14-34(15-5-1)35-24-28-39(29-25-35)50(38-18-8-3-9-19-38)40-30-26-37(27-31-40)49(36-16-6-2-7-17-36)44-22-12-10-21-43(44)47-45(49)33-32-42-41-20-11-13-23-46(41)51-48(42)47/h1-33H. The van der Waals surface area contributed by atoms with E-state index in [1.165, 1.54) is 44.5 Å². The van der Waals surface area contributed by atoms with Crippen molar-refractivity contribution in [1.29, 1.82) is 0 Å². The van der Waals surface area contributed by atoms with E-state index in [0.29, 0.717) is 0 Å². The zero-order chi connectivity index (χ0) is 33.8. The fourth-order valence-electron chi connectivity index (χ4n) is 8.34. The molecule has 0 spiro atoms. The van der Waals surface area contributed by atoms with E-state index < -0.39 is 5.41 Å². The Kier molecular flexibility index (Phi) is 6.75. The minimum atomic E-state index is -0.534. The molecule has 0 saturated heterocycles. The first-order valence-corrected chi connectivity index (χ1v) is 17.5. The summed E-state index contributed by atoms with van der Waals surface area (Å²) in [5.41, 5.74) is 14.4. The number of benzene rings is 8. The zero-order valence-electron chi connectivity index (χ0n) is 27.9. The summed E-state index contributed by atoms with van der Waals surface area (Å²) in [5.74, 6) is 0. The normalized spacial score (nSPS) is 14.7. The third kappa shape index (κ3) is 4.50. The van der Waals surface area contributed by atoms with Gasteiger partial charge in [0, 0.05) is 33.4 Å². The maximum Gasteiger partial charge on any atom is 0.143 e. The quantitative estimate of drug-likeness (QED) is 0.178. The predicted molar refractivity (Wildman–Crippen MR) is 211 cm³/mol. The minimum Gasteiger partial charge on any atom is -0.455 e. The van der Waals surface area contributed by atoms with Crippen molar-refractivity contribution in [1.82, 2.24) is 0 Å². The van der Waals surface area contributed by atoms with Gasteiger partial charge in [-0.1, -0.05) is 158 Å². The lowest BCUT2D eigenvalue weighted by Gasteiger charge is -2.34. The second-order valence-corrected chi connectivity index (χ2v) is 13.3. The molecule has 0 saturated carbocycles. The van der Waals surface area contributed by atoms with Gasteiger partial charge in [0.25, 0.3) is 0 Å². The molecule has 2 nitrogen and oxygen atoms in total. The van der Waals surface area contributed by atoms with Crippen molar-refractivity contribution in [3.05, 3.63) is 222 Å². The van der Waals surface area contributed by atoms with Gasteiger partial charge in [-0.15, -0.1) is 0 Å². The third-order valence-corrected chi connectivity index (χ3v) is 10.6.